The summed E-state index contributed by atoms with van der Waals surface area (Å²) in [6.45, 7) is 3.77. The number of nitrogens with zero attached hydrogens (tertiary/aromatic N) is 1. The third-order valence-electron chi connectivity index (χ3n) is 5.93. The highest BCUT2D eigenvalue weighted by atomic mass is 35.5. The van der Waals surface area contributed by atoms with Gasteiger partial charge in [-0.3, -0.25) is 9.59 Å². The number of sulfone groups is 1. The van der Waals surface area contributed by atoms with Crippen LogP contribution in [0.3, 0.4) is 0 Å². The monoisotopic (exact) mass is 460 g/mol. The fraction of sp³-hybridized carbons (Fsp3) is 0.391. The number of hydrogen-bond acceptors (Lipinski definition) is 4. The van der Waals surface area contributed by atoms with Gasteiger partial charge in [-0.1, -0.05) is 17.7 Å². The molecule has 1 heterocycles. The van der Waals surface area contributed by atoms with Crippen LogP contribution in [0.25, 0.3) is 0 Å². The van der Waals surface area contributed by atoms with Crippen LogP contribution >= 0.6 is 11.6 Å². The van der Waals surface area contributed by atoms with Crippen LogP contribution in [0.1, 0.15) is 37.3 Å². The Labute approximate surface area is 187 Å². The quantitative estimate of drug-likeness (QED) is 0.702. The molecule has 0 unspecified atom stereocenters. The summed E-state index contributed by atoms with van der Waals surface area (Å²) in [5.74, 6) is -0.435. The van der Waals surface area contributed by atoms with E-state index in [2.05, 4.69) is 5.32 Å². The Hall–Kier alpha value is -2.38. The lowest BCUT2D eigenvalue weighted by Gasteiger charge is -2.22. The molecule has 31 heavy (non-hydrogen) atoms. The average Bonchev–Trinajstić information content (AvgIpc) is 3.51. The first kappa shape index (κ1) is 21.8. The van der Waals surface area contributed by atoms with E-state index in [9.17, 15) is 18.0 Å². The van der Waals surface area contributed by atoms with Crippen molar-refractivity contribution >= 4 is 44.6 Å². The van der Waals surface area contributed by atoms with Crippen molar-refractivity contribution in [3.63, 3.8) is 0 Å². The van der Waals surface area contributed by atoms with Gasteiger partial charge in [-0.15, -0.1) is 0 Å². The summed E-state index contributed by atoms with van der Waals surface area (Å²) in [7, 11) is -3.64. The topological polar surface area (TPSA) is 83.6 Å². The van der Waals surface area contributed by atoms with Crippen LogP contribution in [0.15, 0.2) is 41.3 Å². The minimum absolute atomic E-state index is 0.0211. The van der Waals surface area contributed by atoms with Crippen LogP contribution in [0.5, 0.6) is 0 Å². The van der Waals surface area contributed by atoms with Crippen molar-refractivity contribution in [2.24, 2.45) is 5.92 Å². The molecule has 1 aliphatic carbocycles. The van der Waals surface area contributed by atoms with E-state index in [0.717, 1.165) is 29.7 Å². The zero-order chi connectivity index (χ0) is 22.3. The van der Waals surface area contributed by atoms with Gasteiger partial charge in [0.05, 0.1) is 10.6 Å². The highest BCUT2D eigenvalue weighted by molar-refractivity contribution is 7.91. The molecule has 2 aliphatic rings. The van der Waals surface area contributed by atoms with E-state index in [-0.39, 0.29) is 40.8 Å². The van der Waals surface area contributed by atoms with Crippen LogP contribution in [0.4, 0.5) is 11.4 Å². The number of amides is 2. The Kier molecular flexibility index (Phi) is 5.83. The number of anilines is 2. The predicted molar refractivity (Wildman–Crippen MR) is 121 cm³/mol. The molecule has 0 radical (unpaired) electrons. The Morgan fingerprint density at radius 2 is 1.94 bits per heavy atom. The number of carbonyl (C=O) groups is 2. The molecule has 0 bridgehead atoms. The Morgan fingerprint density at radius 1 is 1.19 bits per heavy atom. The van der Waals surface area contributed by atoms with E-state index in [1.54, 1.807) is 43.3 Å². The van der Waals surface area contributed by atoms with Gasteiger partial charge in [-0.05, 0) is 74.6 Å². The third kappa shape index (κ3) is 4.48. The molecule has 1 fully saturated rings. The molecule has 1 atom stereocenters. The number of rotatable bonds is 6. The van der Waals surface area contributed by atoms with E-state index in [1.165, 1.54) is 0 Å². The van der Waals surface area contributed by atoms with Gasteiger partial charge in [0.1, 0.15) is 0 Å². The van der Waals surface area contributed by atoms with Gasteiger partial charge in [-0.2, -0.15) is 0 Å². The summed E-state index contributed by atoms with van der Waals surface area (Å²) < 4.78 is 25.7. The summed E-state index contributed by atoms with van der Waals surface area (Å²) >= 11 is 6.06. The van der Waals surface area contributed by atoms with Gasteiger partial charge in [0.15, 0.2) is 9.84 Å². The second-order valence-corrected chi connectivity index (χ2v) is 10.9. The molecule has 2 aromatic rings. The van der Waals surface area contributed by atoms with Gasteiger partial charge < -0.3 is 10.2 Å². The average molecular weight is 461 g/mol. The molecular formula is C23H25ClN2O4S. The van der Waals surface area contributed by atoms with Crippen molar-refractivity contribution < 1.29 is 18.0 Å². The zero-order valence-electron chi connectivity index (χ0n) is 17.5. The van der Waals surface area contributed by atoms with Crippen LogP contribution in [-0.4, -0.2) is 32.0 Å². The molecule has 1 aliphatic heterocycles. The fourth-order valence-electron chi connectivity index (χ4n) is 3.96. The second kappa shape index (κ2) is 8.28. The van der Waals surface area contributed by atoms with Crippen LogP contribution in [0, 0.1) is 12.8 Å². The number of carbonyl (C=O) groups excluding carboxylic acids is 2. The van der Waals surface area contributed by atoms with E-state index in [1.807, 2.05) is 11.8 Å². The third-order valence-corrected chi connectivity index (χ3v) is 8.05. The smallest absolute Gasteiger partial charge is 0.230 e. The first-order chi connectivity index (χ1) is 14.7. The molecule has 164 valence electrons. The van der Waals surface area contributed by atoms with Crippen molar-refractivity contribution in [1.82, 2.24) is 0 Å². The zero-order valence-corrected chi connectivity index (χ0v) is 19.1. The summed E-state index contributed by atoms with van der Waals surface area (Å²) in [6.07, 6.45) is 2.33. The number of benzene rings is 2. The standard InChI is InChI=1S/C23H25ClN2O4S/c1-14-12-17-13-18(8-9-21(17)26(14)23(28)16-6-7-16)31(29,30)11-10-22(27)25-20-5-3-4-19(24)15(20)2/h3-5,8-9,13-14,16H,6-7,10-12H2,1-2H3,(H,25,27)/t14-/m0/s1. The van der Waals surface area contributed by atoms with E-state index in [0.29, 0.717) is 17.1 Å². The summed E-state index contributed by atoms with van der Waals surface area (Å²) in [6, 6.07) is 10.1. The minimum Gasteiger partial charge on any atom is -0.326 e. The molecule has 0 aromatic heterocycles. The molecule has 0 spiro atoms. The summed E-state index contributed by atoms with van der Waals surface area (Å²) in [4.78, 5) is 26.9. The van der Waals surface area contributed by atoms with Gasteiger partial charge in [0.25, 0.3) is 0 Å². The highest BCUT2D eigenvalue weighted by Gasteiger charge is 2.39. The van der Waals surface area contributed by atoms with Crippen LogP contribution in [0.2, 0.25) is 5.02 Å². The van der Waals surface area contributed by atoms with Crippen molar-refractivity contribution in [3.8, 4) is 0 Å². The lowest BCUT2D eigenvalue weighted by Crippen LogP contribution is -2.36. The maximum Gasteiger partial charge on any atom is 0.230 e. The van der Waals surface area contributed by atoms with Crippen molar-refractivity contribution in [3.05, 3.63) is 52.5 Å². The lowest BCUT2D eigenvalue weighted by molar-refractivity contribution is -0.120. The van der Waals surface area contributed by atoms with Crippen molar-refractivity contribution in [2.45, 2.75) is 50.5 Å². The SMILES string of the molecule is Cc1c(Cl)cccc1NC(=O)CCS(=O)(=O)c1ccc2c(c1)C[C@H](C)N2C(=O)C1CC1. The first-order valence-corrected chi connectivity index (χ1v) is 12.4. The number of fused-ring (bicyclic) bond motifs is 1. The maximum absolute atomic E-state index is 12.8. The van der Waals surface area contributed by atoms with E-state index >= 15 is 0 Å². The van der Waals surface area contributed by atoms with Gasteiger partial charge in [-0.25, -0.2) is 8.42 Å². The van der Waals surface area contributed by atoms with Crippen molar-refractivity contribution in [1.29, 1.82) is 0 Å². The number of halogens is 1. The van der Waals surface area contributed by atoms with Gasteiger partial charge in [0.2, 0.25) is 11.8 Å². The maximum atomic E-state index is 12.8. The highest BCUT2D eigenvalue weighted by Crippen LogP contribution is 2.39. The van der Waals surface area contributed by atoms with Gasteiger partial charge in [0, 0.05) is 34.8 Å². The molecule has 8 heteroatoms. The molecule has 2 aromatic carbocycles. The van der Waals surface area contributed by atoms with Crippen molar-refractivity contribution in [2.75, 3.05) is 16.0 Å². The summed E-state index contributed by atoms with van der Waals surface area (Å²) in [5.41, 5.74) is 2.97. The lowest BCUT2D eigenvalue weighted by atomic mass is 10.1. The fourth-order valence-corrected chi connectivity index (χ4v) is 5.43. The summed E-state index contributed by atoms with van der Waals surface area (Å²) in [5, 5.41) is 3.26. The Balaban J connectivity index is 1.44. The molecular weight excluding hydrogens is 436 g/mol. The largest absolute Gasteiger partial charge is 0.326 e. The normalized spacial score (nSPS) is 18.0. The second-order valence-electron chi connectivity index (χ2n) is 8.36. The Morgan fingerprint density at radius 3 is 2.65 bits per heavy atom. The van der Waals surface area contributed by atoms with E-state index < -0.39 is 9.84 Å². The van der Waals surface area contributed by atoms with Gasteiger partial charge >= 0.3 is 0 Å². The molecule has 1 saturated carbocycles. The molecule has 2 amide bonds. The molecule has 4 rings (SSSR count). The van der Waals surface area contributed by atoms with E-state index in [4.69, 9.17) is 11.6 Å². The van der Waals surface area contributed by atoms with Crippen LogP contribution < -0.4 is 10.2 Å². The molecule has 0 saturated heterocycles. The predicted octanol–water partition coefficient (Wildman–Crippen LogP) is 4.14. The van der Waals surface area contributed by atoms with Crippen LogP contribution in [-0.2, 0) is 25.8 Å². The minimum atomic E-state index is -3.64. The number of hydrogen-bond donors (Lipinski definition) is 1. The molecule has 1 N–H and O–H groups in total. The Bertz CT molecular complexity index is 1160. The molecule has 6 nitrogen and oxygen atoms in total. The number of nitrogens with one attached hydrogen (secondary N) is 1. The first-order valence-electron chi connectivity index (χ1n) is 10.4.